The molecule has 1 aliphatic heterocycles. The van der Waals surface area contributed by atoms with Gasteiger partial charge in [-0.2, -0.15) is 0 Å². The highest BCUT2D eigenvalue weighted by atomic mass is 16.8. The first-order chi connectivity index (χ1) is 12.4. The molecule has 2 atom stereocenters. The van der Waals surface area contributed by atoms with E-state index in [9.17, 15) is 14.4 Å². The number of carbonyl (C=O) groups excluding carboxylic acids is 3. The third-order valence-electron chi connectivity index (χ3n) is 4.23. The molecule has 134 valence electrons. The minimum absolute atomic E-state index is 0.136. The Morgan fingerprint density at radius 3 is 2.42 bits per heavy atom. The zero-order chi connectivity index (χ0) is 18.7. The molecular weight excluding hydrogens is 336 g/mol. The van der Waals surface area contributed by atoms with E-state index in [1.807, 2.05) is 6.07 Å². The molecule has 1 aliphatic rings. The maximum absolute atomic E-state index is 12.6. The highest BCUT2D eigenvalue weighted by Gasteiger charge is 2.46. The lowest BCUT2D eigenvalue weighted by molar-refractivity contribution is -0.206. The molecule has 1 saturated heterocycles. The van der Waals surface area contributed by atoms with Gasteiger partial charge < -0.3 is 9.47 Å². The molecule has 26 heavy (non-hydrogen) atoms. The number of cyclic esters (lactones) is 1. The second-order valence-corrected chi connectivity index (χ2v) is 6.10. The Morgan fingerprint density at radius 2 is 1.77 bits per heavy atom. The van der Waals surface area contributed by atoms with E-state index < -0.39 is 23.6 Å². The second kappa shape index (κ2) is 7.09. The molecule has 0 aromatic heterocycles. The molecule has 0 amide bonds. The van der Waals surface area contributed by atoms with Crippen molar-refractivity contribution in [2.75, 3.05) is 6.79 Å². The van der Waals surface area contributed by atoms with Crippen LogP contribution in [0.3, 0.4) is 0 Å². The predicted octanol–water partition coefficient (Wildman–Crippen LogP) is 2.81. The molecule has 2 aromatic rings. The number of hydrogen-bond donors (Lipinski definition) is 0. The SMILES string of the molecule is CC(C(=O)OC1(C)OCOC1=O)c1cccc(C(=O)c2ccccc2)c1. The van der Waals surface area contributed by atoms with Gasteiger partial charge in [0.05, 0.1) is 5.92 Å². The summed E-state index contributed by atoms with van der Waals surface area (Å²) in [6.45, 7) is 2.72. The second-order valence-electron chi connectivity index (χ2n) is 6.10. The van der Waals surface area contributed by atoms with Crippen molar-refractivity contribution in [1.29, 1.82) is 0 Å². The van der Waals surface area contributed by atoms with Crippen LogP contribution in [-0.4, -0.2) is 30.3 Å². The van der Waals surface area contributed by atoms with Gasteiger partial charge in [0, 0.05) is 18.1 Å². The first-order valence-electron chi connectivity index (χ1n) is 8.14. The number of rotatable bonds is 5. The fourth-order valence-electron chi connectivity index (χ4n) is 2.58. The monoisotopic (exact) mass is 354 g/mol. The zero-order valence-corrected chi connectivity index (χ0v) is 14.4. The Bertz CT molecular complexity index is 844. The zero-order valence-electron chi connectivity index (χ0n) is 14.4. The van der Waals surface area contributed by atoms with Crippen molar-refractivity contribution in [2.45, 2.75) is 25.6 Å². The smallest absolute Gasteiger partial charge is 0.381 e. The molecule has 0 aliphatic carbocycles. The fraction of sp³-hybridized carbons (Fsp3) is 0.250. The third-order valence-corrected chi connectivity index (χ3v) is 4.23. The lowest BCUT2D eigenvalue weighted by atomic mass is 9.96. The van der Waals surface area contributed by atoms with Crippen LogP contribution in [0.15, 0.2) is 54.6 Å². The highest BCUT2D eigenvalue weighted by Crippen LogP contribution is 2.26. The van der Waals surface area contributed by atoms with Crippen LogP contribution in [-0.2, 0) is 23.8 Å². The average molecular weight is 354 g/mol. The maximum atomic E-state index is 12.6. The molecule has 0 spiro atoms. The van der Waals surface area contributed by atoms with E-state index >= 15 is 0 Å². The number of carbonyl (C=O) groups is 3. The molecule has 1 fully saturated rings. The van der Waals surface area contributed by atoms with E-state index in [1.54, 1.807) is 55.5 Å². The summed E-state index contributed by atoms with van der Waals surface area (Å²) in [7, 11) is 0. The van der Waals surface area contributed by atoms with Gasteiger partial charge in [0.1, 0.15) is 0 Å². The summed E-state index contributed by atoms with van der Waals surface area (Å²) in [6.07, 6.45) is 0. The van der Waals surface area contributed by atoms with E-state index in [1.165, 1.54) is 6.92 Å². The van der Waals surface area contributed by atoms with Crippen LogP contribution in [0.2, 0.25) is 0 Å². The van der Waals surface area contributed by atoms with Gasteiger partial charge in [-0.3, -0.25) is 14.3 Å². The summed E-state index contributed by atoms with van der Waals surface area (Å²) < 4.78 is 14.9. The van der Waals surface area contributed by atoms with Crippen LogP contribution in [0.1, 0.15) is 41.3 Å². The minimum atomic E-state index is -1.73. The van der Waals surface area contributed by atoms with Crippen molar-refractivity contribution in [3.8, 4) is 0 Å². The topological polar surface area (TPSA) is 78.9 Å². The Kier molecular flexibility index (Phi) is 4.86. The highest BCUT2D eigenvalue weighted by molar-refractivity contribution is 6.09. The lowest BCUT2D eigenvalue weighted by Crippen LogP contribution is -2.39. The van der Waals surface area contributed by atoms with Crippen molar-refractivity contribution in [3.05, 3.63) is 71.3 Å². The van der Waals surface area contributed by atoms with Crippen LogP contribution in [0, 0.1) is 0 Å². The molecule has 0 N–H and O–H groups in total. The fourth-order valence-corrected chi connectivity index (χ4v) is 2.58. The van der Waals surface area contributed by atoms with Crippen molar-refractivity contribution in [3.63, 3.8) is 0 Å². The van der Waals surface area contributed by atoms with Crippen molar-refractivity contribution >= 4 is 17.7 Å². The van der Waals surface area contributed by atoms with Crippen LogP contribution < -0.4 is 0 Å². The van der Waals surface area contributed by atoms with Gasteiger partial charge in [0.15, 0.2) is 12.6 Å². The first-order valence-corrected chi connectivity index (χ1v) is 8.14. The van der Waals surface area contributed by atoms with Crippen LogP contribution >= 0.6 is 0 Å². The van der Waals surface area contributed by atoms with Gasteiger partial charge in [-0.25, -0.2) is 4.79 Å². The molecule has 2 unspecified atom stereocenters. The van der Waals surface area contributed by atoms with E-state index in [0.29, 0.717) is 16.7 Å². The van der Waals surface area contributed by atoms with Crippen molar-refractivity contribution in [2.24, 2.45) is 0 Å². The molecule has 3 rings (SSSR count). The normalized spacial score (nSPS) is 20.3. The summed E-state index contributed by atoms with van der Waals surface area (Å²) in [5.74, 6) is -3.94. The number of esters is 2. The van der Waals surface area contributed by atoms with Gasteiger partial charge in [-0.15, -0.1) is 0 Å². The van der Waals surface area contributed by atoms with E-state index in [-0.39, 0.29) is 12.6 Å². The van der Waals surface area contributed by atoms with Gasteiger partial charge in [-0.1, -0.05) is 48.5 Å². The Morgan fingerprint density at radius 1 is 1.08 bits per heavy atom. The van der Waals surface area contributed by atoms with Gasteiger partial charge >= 0.3 is 17.7 Å². The molecule has 6 nitrogen and oxygen atoms in total. The van der Waals surface area contributed by atoms with Crippen molar-refractivity contribution < 1.29 is 28.6 Å². The van der Waals surface area contributed by atoms with Crippen molar-refractivity contribution in [1.82, 2.24) is 0 Å². The summed E-state index contributed by atoms with van der Waals surface area (Å²) in [6, 6.07) is 15.7. The molecule has 2 aromatic carbocycles. The predicted molar refractivity (Wildman–Crippen MR) is 91.3 cm³/mol. The average Bonchev–Trinajstić information content (AvgIpc) is 2.99. The summed E-state index contributed by atoms with van der Waals surface area (Å²) in [5.41, 5.74) is 1.64. The Hall–Kier alpha value is -2.99. The van der Waals surface area contributed by atoms with Gasteiger partial charge in [0.25, 0.3) is 0 Å². The molecule has 0 radical (unpaired) electrons. The standard InChI is InChI=1S/C20H18O6/c1-13(18(22)26-20(2)19(23)24-12-25-20)15-9-6-10-16(11-15)17(21)14-7-4-3-5-8-14/h3-11,13H,12H2,1-2H3. The minimum Gasteiger partial charge on any atom is -0.433 e. The summed E-state index contributed by atoms with van der Waals surface area (Å²) >= 11 is 0. The molecule has 0 bridgehead atoms. The van der Waals surface area contributed by atoms with E-state index in [4.69, 9.17) is 9.47 Å². The quantitative estimate of drug-likeness (QED) is 0.607. The number of hydrogen-bond acceptors (Lipinski definition) is 6. The van der Waals surface area contributed by atoms with Crippen LogP contribution in [0.5, 0.6) is 0 Å². The largest absolute Gasteiger partial charge is 0.433 e. The number of benzene rings is 2. The first kappa shape index (κ1) is 17.8. The molecular formula is C20H18O6. The molecule has 1 heterocycles. The molecule has 6 heteroatoms. The van der Waals surface area contributed by atoms with Crippen LogP contribution in [0.4, 0.5) is 0 Å². The lowest BCUT2D eigenvalue weighted by Gasteiger charge is -2.21. The Balaban J connectivity index is 1.78. The van der Waals surface area contributed by atoms with Gasteiger partial charge in [0.2, 0.25) is 0 Å². The Labute approximate surface area is 150 Å². The summed E-state index contributed by atoms with van der Waals surface area (Å²) in [5, 5.41) is 0. The number of ketones is 1. The maximum Gasteiger partial charge on any atom is 0.381 e. The summed E-state index contributed by atoms with van der Waals surface area (Å²) in [4.78, 5) is 36.6. The third kappa shape index (κ3) is 3.50. The number of ether oxygens (including phenoxy) is 3. The molecule has 0 saturated carbocycles. The van der Waals surface area contributed by atoms with E-state index in [2.05, 4.69) is 4.74 Å². The van der Waals surface area contributed by atoms with Gasteiger partial charge in [-0.05, 0) is 18.6 Å². The van der Waals surface area contributed by atoms with E-state index in [0.717, 1.165) is 0 Å². The van der Waals surface area contributed by atoms with Crippen LogP contribution in [0.25, 0.3) is 0 Å².